The molecular formula is C12H27NS. The fraction of sp³-hybridized carbons (Fsp3) is 1.00. The molecule has 0 heterocycles. The molecule has 1 unspecified atom stereocenters. The van der Waals surface area contributed by atoms with Crippen molar-refractivity contribution in [3.63, 3.8) is 0 Å². The summed E-state index contributed by atoms with van der Waals surface area (Å²) >= 11 is 2.10. The summed E-state index contributed by atoms with van der Waals surface area (Å²) < 4.78 is 0. The van der Waals surface area contributed by atoms with E-state index in [1.165, 1.54) is 31.4 Å². The quantitative estimate of drug-likeness (QED) is 0.628. The van der Waals surface area contributed by atoms with E-state index in [1.54, 1.807) is 0 Å². The van der Waals surface area contributed by atoms with Crippen molar-refractivity contribution in [3.05, 3.63) is 0 Å². The van der Waals surface area contributed by atoms with E-state index in [4.69, 9.17) is 5.73 Å². The molecule has 1 nitrogen and oxygen atoms in total. The van der Waals surface area contributed by atoms with Gasteiger partial charge in [0.05, 0.1) is 0 Å². The highest BCUT2D eigenvalue weighted by Crippen LogP contribution is 2.23. The predicted molar refractivity (Wildman–Crippen MR) is 68.9 cm³/mol. The van der Waals surface area contributed by atoms with Crippen molar-refractivity contribution in [1.82, 2.24) is 0 Å². The Morgan fingerprint density at radius 3 is 2.43 bits per heavy atom. The number of unbranched alkanes of at least 4 members (excludes halogenated alkanes) is 1. The average Bonchev–Trinajstić information content (AvgIpc) is 2.17. The van der Waals surface area contributed by atoms with E-state index in [1.807, 2.05) is 0 Å². The molecule has 0 aliphatic heterocycles. The lowest BCUT2D eigenvalue weighted by molar-refractivity contribution is 0.336. The third-order valence-corrected chi connectivity index (χ3v) is 4.20. The van der Waals surface area contributed by atoms with Gasteiger partial charge in [0, 0.05) is 5.25 Å². The zero-order valence-electron chi connectivity index (χ0n) is 10.3. The standard InChI is InChI=1S/C12H27NS/c1-5-11(2)14-9-7-6-8-12(3,4)10-13/h11H,5-10,13H2,1-4H3. The van der Waals surface area contributed by atoms with Crippen LogP contribution in [0.3, 0.4) is 0 Å². The normalized spacial score (nSPS) is 14.4. The van der Waals surface area contributed by atoms with Crippen LogP contribution in [0.1, 0.15) is 53.4 Å². The molecule has 0 aromatic heterocycles. The predicted octanol–water partition coefficient (Wildman–Crippen LogP) is 3.67. The molecule has 86 valence electrons. The molecule has 0 amide bonds. The lowest BCUT2D eigenvalue weighted by Crippen LogP contribution is -2.23. The Kier molecular flexibility index (Phi) is 7.75. The van der Waals surface area contributed by atoms with Crippen molar-refractivity contribution in [3.8, 4) is 0 Å². The number of nitrogens with two attached hydrogens (primary N) is 1. The largest absolute Gasteiger partial charge is 0.330 e. The van der Waals surface area contributed by atoms with E-state index in [0.717, 1.165) is 11.8 Å². The fourth-order valence-corrected chi connectivity index (χ4v) is 2.22. The van der Waals surface area contributed by atoms with Gasteiger partial charge in [0.25, 0.3) is 0 Å². The van der Waals surface area contributed by atoms with Crippen molar-refractivity contribution in [1.29, 1.82) is 0 Å². The molecule has 14 heavy (non-hydrogen) atoms. The Hall–Kier alpha value is 0.310. The number of thioether (sulfide) groups is 1. The summed E-state index contributed by atoms with van der Waals surface area (Å²) in [5.74, 6) is 1.32. The Bertz CT molecular complexity index is 134. The van der Waals surface area contributed by atoms with Crippen LogP contribution in [0.2, 0.25) is 0 Å². The molecule has 2 heteroatoms. The Morgan fingerprint density at radius 1 is 1.29 bits per heavy atom. The molecule has 0 saturated carbocycles. The second-order valence-electron chi connectivity index (χ2n) is 4.92. The zero-order valence-corrected chi connectivity index (χ0v) is 11.1. The minimum Gasteiger partial charge on any atom is -0.330 e. The molecule has 0 aromatic rings. The van der Waals surface area contributed by atoms with Gasteiger partial charge in [-0.05, 0) is 37.0 Å². The van der Waals surface area contributed by atoms with Crippen LogP contribution in [0.4, 0.5) is 0 Å². The maximum absolute atomic E-state index is 5.69. The summed E-state index contributed by atoms with van der Waals surface area (Å²) in [4.78, 5) is 0. The third kappa shape index (κ3) is 7.69. The first-order valence-electron chi connectivity index (χ1n) is 5.83. The second-order valence-corrected chi connectivity index (χ2v) is 6.46. The van der Waals surface area contributed by atoms with Crippen LogP contribution in [-0.4, -0.2) is 17.5 Å². The van der Waals surface area contributed by atoms with Crippen LogP contribution in [0.25, 0.3) is 0 Å². The molecule has 0 saturated heterocycles. The zero-order chi connectivity index (χ0) is 11.0. The topological polar surface area (TPSA) is 26.0 Å². The molecular weight excluding hydrogens is 190 g/mol. The molecule has 0 aliphatic rings. The lowest BCUT2D eigenvalue weighted by atomic mass is 9.88. The molecule has 0 radical (unpaired) electrons. The Morgan fingerprint density at radius 2 is 1.93 bits per heavy atom. The van der Waals surface area contributed by atoms with Gasteiger partial charge in [0.15, 0.2) is 0 Å². The van der Waals surface area contributed by atoms with Crippen LogP contribution in [0.5, 0.6) is 0 Å². The van der Waals surface area contributed by atoms with Crippen LogP contribution < -0.4 is 5.73 Å². The summed E-state index contributed by atoms with van der Waals surface area (Å²) in [6, 6.07) is 0. The van der Waals surface area contributed by atoms with Crippen molar-refractivity contribution in [2.75, 3.05) is 12.3 Å². The van der Waals surface area contributed by atoms with E-state index in [2.05, 4.69) is 39.5 Å². The van der Waals surface area contributed by atoms with Crippen molar-refractivity contribution in [2.45, 2.75) is 58.6 Å². The second kappa shape index (κ2) is 7.58. The summed E-state index contributed by atoms with van der Waals surface area (Å²) in [7, 11) is 0. The van der Waals surface area contributed by atoms with E-state index in [9.17, 15) is 0 Å². The molecule has 1 atom stereocenters. The highest BCUT2D eigenvalue weighted by Gasteiger charge is 2.14. The van der Waals surface area contributed by atoms with Gasteiger partial charge in [-0.15, -0.1) is 0 Å². The van der Waals surface area contributed by atoms with Crippen LogP contribution in [0.15, 0.2) is 0 Å². The van der Waals surface area contributed by atoms with E-state index >= 15 is 0 Å². The third-order valence-electron chi connectivity index (χ3n) is 2.78. The highest BCUT2D eigenvalue weighted by atomic mass is 32.2. The average molecular weight is 217 g/mol. The van der Waals surface area contributed by atoms with E-state index in [-0.39, 0.29) is 0 Å². The molecule has 0 bridgehead atoms. The van der Waals surface area contributed by atoms with E-state index in [0.29, 0.717) is 5.41 Å². The summed E-state index contributed by atoms with van der Waals surface area (Å²) in [5, 5.41) is 0.831. The van der Waals surface area contributed by atoms with Crippen LogP contribution in [-0.2, 0) is 0 Å². The number of hydrogen-bond donors (Lipinski definition) is 1. The first-order valence-corrected chi connectivity index (χ1v) is 6.88. The lowest BCUT2D eigenvalue weighted by Gasteiger charge is -2.21. The van der Waals surface area contributed by atoms with Gasteiger partial charge in [-0.25, -0.2) is 0 Å². The maximum atomic E-state index is 5.69. The number of hydrogen-bond acceptors (Lipinski definition) is 2. The SMILES string of the molecule is CCC(C)SCCCCC(C)(C)CN. The highest BCUT2D eigenvalue weighted by molar-refractivity contribution is 7.99. The van der Waals surface area contributed by atoms with Crippen molar-refractivity contribution < 1.29 is 0 Å². The van der Waals surface area contributed by atoms with Crippen LogP contribution >= 0.6 is 11.8 Å². The fourth-order valence-electron chi connectivity index (χ4n) is 1.21. The van der Waals surface area contributed by atoms with Gasteiger partial charge >= 0.3 is 0 Å². The van der Waals surface area contributed by atoms with Gasteiger partial charge in [0.2, 0.25) is 0 Å². The summed E-state index contributed by atoms with van der Waals surface area (Å²) in [6.07, 6.45) is 5.23. The smallest absolute Gasteiger partial charge is 0.00160 e. The maximum Gasteiger partial charge on any atom is 0.00160 e. The van der Waals surface area contributed by atoms with Crippen molar-refractivity contribution >= 4 is 11.8 Å². The van der Waals surface area contributed by atoms with Crippen LogP contribution in [0, 0.1) is 5.41 Å². The van der Waals surface area contributed by atoms with Gasteiger partial charge in [-0.1, -0.05) is 34.1 Å². The molecule has 0 aromatic carbocycles. The first-order chi connectivity index (χ1) is 6.52. The van der Waals surface area contributed by atoms with Crippen molar-refractivity contribution in [2.24, 2.45) is 11.1 Å². The van der Waals surface area contributed by atoms with Gasteiger partial charge in [0.1, 0.15) is 0 Å². The summed E-state index contributed by atoms with van der Waals surface area (Å²) in [6.45, 7) is 9.90. The minimum atomic E-state index is 0.348. The summed E-state index contributed by atoms with van der Waals surface area (Å²) in [5.41, 5.74) is 6.03. The molecule has 0 spiro atoms. The first kappa shape index (κ1) is 14.3. The van der Waals surface area contributed by atoms with Gasteiger partial charge in [-0.3, -0.25) is 0 Å². The Labute approximate surface area is 94.2 Å². The number of rotatable bonds is 8. The molecule has 2 N–H and O–H groups in total. The molecule has 0 aliphatic carbocycles. The minimum absolute atomic E-state index is 0.348. The molecule has 0 rings (SSSR count). The monoisotopic (exact) mass is 217 g/mol. The molecule has 0 fully saturated rings. The van der Waals surface area contributed by atoms with Gasteiger partial charge in [-0.2, -0.15) is 11.8 Å². The van der Waals surface area contributed by atoms with Gasteiger partial charge < -0.3 is 5.73 Å². The van der Waals surface area contributed by atoms with E-state index < -0.39 is 0 Å². The Balaban J connectivity index is 3.30.